The van der Waals surface area contributed by atoms with Crippen LogP contribution in [0.4, 0.5) is 0 Å². The molecule has 0 fully saturated rings. The molecule has 6 nitrogen and oxygen atoms in total. The monoisotopic (exact) mass is 386 g/mol. The van der Waals surface area contributed by atoms with Crippen LogP contribution in [0.3, 0.4) is 0 Å². The van der Waals surface area contributed by atoms with Gasteiger partial charge in [0.25, 0.3) is 0 Å². The van der Waals surface area contributed by atoms with E-state index in [0.717, 1.165) is 22.5 Å². The van der Waals surface area contributed by atoms with Gasteiger partial charge in [0, 0.05) is 29.2 Å². The zero-order valence-corrected chi connectivity index (χ0v) is 16.3. The topological polar surface area (TPSA) is 84.0 Å². The number of rotatable bonds is 6. The van der Waals surface area contributed by atoms with E-state index >= 15 is 0 Å². The fourth-order valence-electron chi connectivity index (χ4n) is 3.36. The number of nitrogens with zero attached hydrogens (tertiary/aromatic N) is 3. The molecule has 29 heavy (non-hydrogen) atoms. The fourth-order valence-corrected chi connectivity index (χ4v) is 3.36. The second-order valence-electron chi connectivity index (χ2n) is 6.93. The lowest BCUT2D eigenvalue weighted by atomic mass is 10.1. The van der Waals surface area contributed by atoms with Gasteiger partial charge in [-0.3, -0.25) is 4.68 Å². The van der Waals surface area contributed by atoms with E-state index < -0.39 is 5.97 Å². The summed E-state index contributed by atoms with van der Waals surface area (Å²) in [4.78, 5) is 15.8. The van der Waals surface area contributed by atoms with Gasteiger partial charge >= 0.3 is 0 Å². The van der Waals surface area contributed by atoms with Gasteiger partial charge in [0.1, 0.15) is 5.52 Å². The quantitative estimate of drug-likeness (QED) is 0.507. The summed E-state index contributed by atoms with van der Waals surface area (Å²) in [5, 5.41) is 16.0. The van der Waals surface area contributed by atoms with E-state index in [1.807, 2.05) is 67.1 Å². The van der Waals surface area contributed by atoms with Gasteiger partial charge in [-0.2, -0.15) is 5.10 Å². The van der Waals surface area contributed by atoms with E-state index in [0.29, 0.717) is 23.2 Å². The van der Waals surface area contributed by atoms with Crippen LogP contribution < -0.4 is 5.11 Å². The minimum atomic E-state index is -1.19. The third-order valence-electron chi connectivity index (χ3n) is 4.83. The number of aryl methyl sites for hydroxylation is 1. The number of hydrogen-bond donors (Lipinski definition) is 0. The predicted molar refractivity (Wildman–Crippen MR) is 109 cm³/mol. The molecule has 4 aromatic rings. The lowest BCUT2D eigenvalue weighted by molar-refractivity contribution is -0.304. The molecule has 0 unspecified atom stereocenters. The SMILES string of the molecule is Cc1nn(Cc2ccccc2)c(C)c1/C=C(\CC(=O)[O-])c1nc2ccccc2o1. The number of aliphatic carboxylic acids is 1. The first-order valence-corrected chi connectivity index (χ1v) is 9.35. The van der Waals surface area contributed by atoms with E-state index in [1.165, 1.54) is 0 Å². The van der Waals surface area contributed by atoms with Gasteiger partial charge < -0.3 is 14.3 Å². The van der Waals surface area contributed by atoms with Crippen LogP contribution >= 0.6 is 0 Å². The Balaban J connectivity index is 1.75. The summed E-state index contributed by atoms with van der Waals surface area (Å²) in [6, 6.07) is 17.4. The van der Waals surface area contributed by atoms with Crippen LogP contribution in [0, 0.1) is 13.8 Å². The molecule has 0 spiro atoms. The second kappa shape index (κ2) is 7.75. The van der Waals surface area contributed by atoms with E-state index in [9.17, 15) is 9.90 Å². The van der Waals surface area contributed by atoms with Crippen molar-refractivity contribution in [2.45, 2.75) is 26.8 Å². The van der Waals surface area contributed by atoms with Crippen molar-refractivity contribution >= 4 is 28.7 Å². The van der Waals surface area contributed by atoms with Crippen LogP contribution in [-0.4, -0.2) is 20.7 Å². The molecule has 146 valence electrons. The molecule has 4 rings (SSSR count). The molecule has 6 heteroatoms. The van der Waals surface area contributed by atoms with Crippen molar-refractivity contribution in [2.24, 2.45) is 0 Å². The van der Waals surface area contributed by atoms with E-state index in [2.05, 4.69) is 10.1 Å². The molecule has 2 aromatic carbocycles. The van der Waals surface area contributed by atoms with Gasteiger partial charge in [0.15, 0.2) is 5.58 Å². The second-order valence-corrected chi connectivity index (χ2v) is 6.93. The highest BCUT2D eigenvalue weighted by atomic mass is 16.4. The summed E-state index contributed by atoms with van der Waals surface area (Å²) in [6.45, 7) is 4.51. The molecule has 2 heterocycles. The number of fused-ring (bicyclic) bond motifs is 1. The summed E-state index contributed by atoms with van der Waals surface area (Å²) in [5.74, 6) is -0.907. The Morgan fingerprint density at radius 1 is 1.10 bits per heavy atom. The molecule has 0 aliphatic heterocycles. The predicted octanol–water partition coefficient (Wildman–Crippen LogP) is 3.37. The maximum absolute atomic E-state index is 11.4. The third kappa shape index (κ3) is 3.96. The highest BCUT2D eigenvalue weighted by Crippen LogP contribution is 2.27. The molecule has 0 N–H and O–H groups in total. The molecule has 0 radical (unpaired) electrons. The number of para-hydroxylation sites is 2. The molecule has 0 aliphatic carbocycles. The number of carbonyl (C=O) groups excluding carboxylic acids is 1. The van der Waals surface area contributed by atoms with Crippen LogP contribution in [-0.2, 0) is 11.3 Å². The minimum Gasteiger partial charge on any atom is -0.550 e. The normalized spacial score (nSPS) is 11.9. The Morgan fingerprint density at radius 3 is 2.55 bits per heavy atom. The van der Waals surface area contributed by atoms with Gasteiger partial charge in [-0.1, -0.05) is 42.5 Å². The number of aromatic nitrogens is 3. The van der Waals surface area contributed by atoms with Crippen LogP contribution in [0.2, 0.25) is 0 Å². The number of oxazole rings is 1. The van der Waals surface area contributed by atoms with Gasteiger partial charge in [-0.25, -0.2) is 4.98 Å². The molecular formula is C23H20N3O3-. The van der Waals surface area contributed by atoms with Gasteiger partial charge in [-0.05, 0) is 37.6 Å². The highest BCUT2D eigenvalue weighted by molar-refractivity contribution is 5.90. The largest absolute Gasteiger partial charge is 0.550 e. The lowest BCUT2D eigenvalue weighted by Crippen LogP contribution is -2.22. The summed E-state index contributed by atoms with van der Waals surface area (Å²) >= 11 is 0. The van der Waals surface area contributed by atoms with Crippen molar-refractivity contribution in [3.63, 3.8) is 0 Å². The first-order chi connectivity index (χ1) is 14.0. The van der Waals surface area contributed by atoms with Crippen molar-refractivity contribution in [1.82, 2.24) is 14.8 Å². The zero-order valence-electron chi connectivity index (χ0n) is 16.3. The van der Waals surface area contributed by atoms with Crippen molar-refractivity contribution in [1.29, 1.82) is 0 Å². The molecule has 2 aromatic heterocycles. The Kier molecular flexibility index (Phi) is 4.99. The molecule has 0 bridgehead atoms. The Hall–Kier alpha value is -3.67. The summed E-state index contributed by atoms with van der Waals surface area (Å²) in [6.07, 6.45) is 1.50. The maximum atomic E-state index is 11.4. The van der Waals surface area contributed by atoms with Crippen LogP contribution in [0.5, 0.6) is 0 Å². The number of carboxylic acid groups (broad SMARTS) is 1. The van der Waals surface area contributed by atoms with Crippen molar-refractivity contribution in [3.8, 4) is 0 Å². The van der Waals surface area contributed by atoms with Gasteiger partial charge in [0.2, 0.25) is 5.89 Å². The molecule has 0 saturated heterocycles. The number of benzene rings is 2. The average molecular weight is 386 g/mol. The maximum Gasteiger partial charge on any atom is 0.223 e. The van der Waals surface area contributed by atoms with Crippen LogP contribution in [0.15, 0.2) is 59.0 Å². The minimum absolute atomic E-state index is 0.282. The molecular weight excluding hydrogens is 366 g/mol. The average Bonchev–Trinajstić information content (AvgIpc) is 3.24. The lowest BCUT2D eigenvalue weighted by Gasteiger charge is -2.07. The van der Waals surface area contributed by atoms with Crippen molar-refractivity contribution in [2.75, 3.05) is 0 Å². The van der Waals surface area contributed by atoms with E-state index in [-0.39, 0.29) is 12.3 Å². The van der Waals surface area contributed by atoms with Crippen molar-refractivity contribution in [3.05, 3.63) is 83.0 Å². The van der Waals surface area contributed by atoms with Crippen LogP contribution in [0.1, 0.15) is 34.8 Å². The molecule has 0 aliphatic rings. The first kappa shape index (κ1) is 18.7. The fraction of sp³-hybridized carbons (Fsp3) is 0.174. The molecule has 0 amide bonds. The summed E-state index contributed by atoms with van der Waals surface area (Å²) < 4.78 is 7.70. The Bertz CT molecular complexity index is 1170. The van der Waals surface area contributed by atoms with Crippen LogP contribution in [0.25, 0.3) is 22.7 Å². The number of carbonyl (C=O) groups is 1. The summed E-state index contributed by atoms with van der Waals surface area (Å²) in [7, 11) is 0. The van der Waals surface area contributed by atoms with Gasteiger partial charge in [0.05, 0.1) is 12.2 Å². The smallest absolute Gasteiger partial charge is 0.223 e. The van der Waals surface area contributed by atoms with E-state index in [4.69, 9.17) is 4.42 Å². The van der Waals surface area contributed by atoms with Crippen molar-refractivity contribution < 1.29 is 14.3 Å². The summed E-state index contributed by atoms with van der Waals surface area (Å²) in [5.41, 5.74) is 5.50. The molecule has 0 saturated carbocycles. The Labute approximate surface area is 168 Å². The molecule has 0 atom stereocenters. The highest BCUT2D eigenvalue weighted by Gasteiger charge is 2.15. The zero-order chi connectivity index (χ0) is 20.4. The number of hydrogen-bond acceptors (Lipinski definition) is 5. The third-order valence-corrected chi connectivity index (χ3v) is 4.83. The first-order valence-electron chi connectivity index (χ1n) is 9.35. The van der Waals surface area contributed by atoms with Gasteiger partial charge in [-0.15, -0.1) is 0 Å². The Morgan fingerprint density at radius 2 is 1.83 bits per heavy atom. The standard InChI is InChI=1S/C23H21N3O3/c1-15-19(16(2)26(25-15)14-17-8-4-3-5-9-17)12-18(13-22(27)28)23-24-20-10-6-7-11-21(20)29-23/h3-12H,13-14H2,1-2H3,(H,27,28)/p-1/b18-12+. The number of carboxylic acids is 1. The van der Waals surface area contributed by atoms with E-state index in [1.54, 1.807) is 12.1 Å².